The Morgan fingerprint density at radius 1 is 1.08 bits per heavy atom. The molecule has 0 radical (unpaired) electrons. The Bertz CT molecular complexity index is 953. The van der Waals surface area contributed by atoms with Crippen molar-refractivity contribution in [1.29, 1.82) is 0 Å². The molecule has 2 aromatic carbocycles. The van der Waals surface area contributed by atoms with Crippen molar-refractivity contribution < 1.29 is 9.21 Å². The topological polar surface area (TPSA) is 59.3 Å². The molecule has 3 aromatic rings. The van der Waals surface area contributed by atoms with Crippen molar-refractivity contribution in [3.8, 4) is 11.3 Å². The summed E-state index contributed by atoms with van der Waals surface area (Å²) in [6.45, 7) is 0. The minimum Gasteiger partial charge on any atom is -0.422 e. The van der Waals surface area contributed by atoms with E-state index in [4.69, 9.17) is 16.0 Å². The normalized spacial score (nSPS) is 10.5. The maximum atomic E-state index is 12.5. The van der Waals surface area contributed by atoms with E-state index in [1.807, 2.05) is 36.6 Å². The Morgan fingerprint density at radius 2 is 1.76 bits per heavy atom. The fourth-order valence-corrected chi connectivity index (χ4v) is 3.04. The number of benzene rings is 2. The predicted octanol–water partition coefficient (Wildman–Crippen LogP) is 4.93. The van der Waals surface area contributed by atoms with Crippen LogP contribution in [-0.4, -0.2) is 12.2 Å². The molecule has 0 fully saturated rings. The van der Waals surface area contributed by atoms with E-state index in [0.717, 1.165) is 5.56 Å². The second-order valence-electron chi connectivity index (χ2n) is 5.17. The van der Waals surface area contributed by atoms with Crippen molar-refractivity contribution in [2.45, 2.75) is 4.90 Å². The predicted molar refractivity (Wildman–Crippen MR) is 102 cm³/mol. The molecule has 1 N–H and O–H groups in total. The molecule has 0 aliphatic heterocycles. The number of halogens is 1. The minimum absolute atomic E-state index is 0.0119. The van der Waals surface area contributed by atoms with Crippen LogP contribution in [0.1, 0.15) is 10.4 Å². The first-order valence-corrected chi connectivity index (χ1v) is 9.03. The van der Waals surface area contributed by atoms with Crippen molar-refractivity contribution in [3.05, 3.63) is 81.7 Å². The number of nitrogens with one attached hydrogen (secondary N) is 1. The minimum atomic E-state index is -0.669. The highest BCUT2D eigenvalue weighted by Gasteiger charge is 2.19. The van der Waals surface area contributed by atoms with E-state index in [1.165, 1.54) is 11.8 Å². The molecule has 1 aromatic heterocycles. The quantitative estimate of drug-likeness (QED) is 0.660. The molecule has 0 unspecified atom stereocenters. The third-order valence-electron chi connectivity index (χ3n) is 3.52. The molecule has 0 saturated heterocycles. The van der Waals surface area contributed by atoms with E-state index in [1.54, 1.807) is 30.3 Å². The zero-order chi connectivity index (χ0) is 17.8. The van der Waals surface area contributed by atoms with Gasteiger partial charge in [-0.05, 0) is 36.6 Å². The van der Waals surface area contributed by atoms with Gasteiger partial charge in [0.15, 0.2) is 0 Å². The standard InChI is InChI=1S/C19H14ClNO3S/c1-25-16-11-15(12-5-3-2-4-6-12)24-19(23)17(16)18(22)21-14-9-7-13(20)8-10-14/h2-11H,1H3,(H,21,22). The van der Waals surface area contributed by atoms with Crippen molar-refractivity contribution in [1.82, 2.24) is 0 Å². The first-order valence-electron chi connectivity index (χ1n) is 7.43. The zero-order valence-corrected chi connectivity index (χ0v) is 14.9. The van der Waals surface area contributed by atoms with Gasteiger partial charge in [-0.15, -0.1) is 11.8 Å². The van der Waals surface area contributed by atoms with Crippen LogP contribution in [0.15, 0.2) is 74.8 Å². The number of hydrogen-bond acceptors (Lipinski definition) is 4. The molecular weight excluding hydrogens is 358 g/mol. The summed E-state index contributed by atoms with van der Waals surface area (Å²) in [7, 11) is 0. The van der Waals surface area contributed by atoms with Crippen LogP contribution in [0.3, 0.4) is 0 Å². The van der Waals surface area contributed by atoms with Gasteiger partial charge in [-0.1, -0.05) is 41.9 Å². The molecule has 0 aliphatic carbocycles. The highest BCUT2D eigenvalue weighted by Crippen LogP contribution is 2.26. The van der Waals surface area contributed by atoms with Gasteiger partial charge in [0.25, 0.3) is 5.91 Å². The van der Waals surface area contributed by atoms with E-state index in [2.05, 4.69) is 5.32 Å². The van der Waals surface area contributed by atoms with Gasteiger partial charge in [-0.3, -0.25) is 4.79 Å². The summed E-state index contributed by atoms with van der Waals surface area (Å²) in [4.78, 5) is 25.5. The SMILES string of the molecule is CSc1cc(-c2ccccc2)oc(=O)c1C(=O)Nc1ccc(Cl)cc1. The van der Waals surface area contributed by atoms with Crippen molar-refractivity contribution >= 4 is 35.0 Å². The van der Waals surface area contributed by atoms with E-state index >= 15 is 0 Å². The number of rotatable bonds is 4. The van der Waals surface area contributed by atoms with Crippen LogP contribution in [0.25, 0.3) is 11.3 Å². The molecule has 25 heavy (non-hydrogen) atoms. The Kier molecular flexibility index (Phi) is 5.26. The molecule has 1 heterocycles. The van der Waals surface area contributed by atoms with Crippen LogP contribution in [0.4, 0.5) is 5.69 Å². The molecule has 4 nitrogen and oxygen atoms in total. The fourth-order valence-electron chi connectivity index (χ4n) is 2.31. The monoisotopic (exact) mass is 371 g/mol. The van der Waals surface area contributed by atoms with Crippen molar-refractivity contribution in [2.24, 2.45) is 0 Å². The summed E-state index contributed by atoms with van der Waals surface area (Å²) in [6, 6.07) is 17.6. The molecule has 0 aliphatic rings. The van der Waals surface area contributed by atoms with Gasteiger partial charge in [0.1, 0.15) is 11.3 Å². The number of anilines is 1. The van der Waals surface area contributed by atoms with Gasteiger partial charge >= 0.3 is 5.63 Å². The molecule has 6 heteroatoms. The second kappa shape index (κ2) is 7.59. The maximum Gasteiger partial charge on any atom is 0.350 e. The van der Waals surface area contributed by atoms with Crippen LogP contribution < -0.4 is 10.9 Å². The summed E-state index contributed by atoms with van der Waals surface area (Å²) >= 11 is 7.15. The molecule has 0 bridgehead atoms. The summed E-state index contributed by atoms with van der Waals surface area (Å²) in [5.41, 5.74) is 0.645. The van der Waals surface area contributed by atoms with Crippen LogP contribution >= 0.6 is 23.4 Å². The summed E-state index contributed by atoms with van der Waals surface area (Å²) in [6.07, 6.45) is 1.81. The highest BCUT2D eigenvalue weighted by molar-refractivity contribution is 7.98. The Labute approximate surface area is 153 Å². The zero-order valence-electron chi connectivity index (χ0n) is 13.3. The maximum absolute atomic E-state index is 12.5. The van der Waals surface area contributed by atoms with Gasteiger partial charge in [-0.2, -0.15) is 0 Å². The molecule has 0 atom stereocenters. The molecule has 0 spiro atoms. The van der Waals surface area contributed by atoms with Gasteiger partial charge in [0, 0.05) is 21.2 Å². The average molecular weight is 372 g/mol. The molecule has 0 saturated carbocycles. The van der Waals surface area contributed by atoms with E-state index < -0.39 is 11.5 Å². The first kappa shape index (κ1) is 17.3. The lowest BCUT2D eigenvalue weighted by Gasteiger charge is -2.09. The summed E-state index contributed by atoms with van der Waals surface area (Å²) in [5, 5.41) is 3.25. The van der Waals surface area contributed by atoms with Gasteiger partial charge in [0.05, 0.1) is 0 Å². The molecule has 3 rings (SSSR count). The van der Waals surface area contributed by atoms with Crippen LogP contribution in [0.5, 0.6) is 0 Å². The van der Waals surface area contributed by atoms with Gasteiger partial charge < -0.3 is 9.73 Å². The molecular formula is C19H14ClNO3S. The third-order valence-corrected chi connectivity index (χ3v) is 4.54. The number of thioether (sulfide) groups is 1. The highest BCUT2D eigenvalue weighted by atomic mass is 35.5. The van der Waals surface area contributed by atoms with Crippen LogP contribution in [-0.2, 0) is 0 Å². The van der Waals surface area contributed by atoms with Gasteiger partial charge in [-0.25, -0.2) is 4.79 Å². The van der Waals surface area contributed by atoms with Gasteiger partial charge in [0.2, 0.25) is 0 Å². The Morgan fingerprint density at radius 3 is 2.40 bits per heavy atom. The van der Waals surface area contributed by atoms with E-state index in [-0.39, 0.29) is 5.56 Å². The average Bonchev–Trinajstić information content (AvgIpc) is 2.63. The summed E-state index contributed by atoms with van der Waals surface area (Å²) < 4.78 is 5.36. The largest absolute Gasteiger partial charge is 0.422 e. The van der Waals surface area contributed by atoms with Crippen LogP contribution in [0, 0.1) is 0 Å². The second-order valence-corrected chi connectivity index (χ2v) is 6.45. The smallest absolute Gasteiger partial charge is 0.350 e. The van der Waals surface area contributed by atoms with E-state index in [0.29, 0.717) is 21.4 Å². The lowest BCUT2D eigenvalue weighted by atomic mass is 10.1. The van der Waals surface area contributed by atoms with E-state index in [9.17, 15) is 9.59 Å². The third kappa shape index (κ3) is 3.95. The lowest BCUT2D eigenvalue weighted by molar-refractivity contribution is 0.102. The first-order chi connectivity index (χ1) is 12.1. The summed E-state index contributed by atoms with van der Waals surface area (Å²) in [5.74, 6) is -0.0852. The van der Waals surface area contributed by atoms with Crippen molar-refractivity contribution in [2.75, 3.05) is 11.6 Å². The Hall–Kier alpha value is -2.50. The number of amides is 1. The van der Waals surface area contributed by atoms with Crippen molar-refractivity contribution in [3.63, 3.8) is 0 Å². The van der Waals surface area contributed by atoms with Crippen LogP contribution in [0.2, 0.25) is 5.02 Å². The lowest BCUT2D eigenvalue weighted by Crippen LogP contribution is -2.22. The number of carbonyl (C=O) groups is 1. The molecule has 1 amide bonds. The number of carbonyl (C=O) groups excluding carboxylic acids is 1. The molecule has 126 valence electrons. The fraction of sp³-hybridized carbons (Fsp3) is 0.0526. The number of hydrogen-bond donors (Lipinski definition) is 1. The Balaban J connectivity index is 1.97.